The third kappa shape index (κ3) is 4.14. The Labute approximate surface area is 213 Å². The van der Waals surface area contributed by atoms with Crippen LogP contribution >= 0.6 is 22.9 Å². The van der Waals surface area contributed by atoms with E-state index in [1.165, 1.54) is 17.4 Å². The van der Waals surface area contributed by atoms with Crippen molar-refractivity contribution in [2.45, 2.75) is 26.9 Å². The summed E-state index contributed by atoms with van der Waals surface area (Å²) < 4.78 is 12.5. The molecular weight excluding hydrogens is 502 g/mol. The highest BCUT2D eigenvalue weighted by molar-refractivity contribution is 7.16. The fourth-order valence-electron chi connectivity index (χ4n) is 4.03. The maximum atomic E-state index is 13.4. The average molecular weight is 522 g/mol. The molecule has 5 aromatic rings. The van der Waals surface area contributed by atoms with Crippen molar-refractivity contribution in [1.29, 1.82) is 0 Å². The van der Waals surface area contributed by atoms with E-state index in [0.29, 0.717) is 33.4 Å². The Bertz CT molecular complexity index is 1730. The summed E-state index contributed by atoms with van der Waals surface area (Å²) in [5, 5.41) is 12.8. The van der Waals surface area contributed by atoms with Crippen molar-refractivity contribution in [3.63, 3.8) is 0 Å². The lowest BCUT2D eigenvalue weighted by Gasteiger charge is -2.19. The fraction of sp³-hybridized carbons (Fsp3) is 0.160. The lowest BCUT2D eigenvalue weighted by molar-refractivity contribution is 0.225. The average Bonchev–Trinajstić information content (AvgIpc) is 3.34. The first-order chi connectivity index (χ1) is 17.3. The van der Waals surface area contributed by atoms with Gasteiger partial charge in [-0.3, -0.25) is 4.79 Å². The van der Waals surface area contributed by atoms with Crippen molar-refractivity contribution in [3.05, 3.63) is 79.8 Å². The number of rotatable bonds is 5. The summed E-state index contributed by atoms with van der Waals surface area (Å²) >= 11 is 7.43. The summed E-state index contributed by atoms with van der Waals surface area (Å²) in [7, 11) is 0. The van der Waals surface area contributed by atoms with Gasteiger partial charge in [0.2, 0.25) is 0 Å². The lowest BCUT2D eigenvalue weighted by Crippen LogP contribution is -2.18. The summed E-state index contributed by atoms with van der Waals surface area (Å²) in [6.45, 7) is 5.43. The van der Waals surface area contributed by atoms with Crippen LogP contribution in [0.2, 0.25) is 5.15 Å². The van der Waals surface area contributed by atoms with E-state index in [1.807, 2.05) is 19.1 Å². The highest BCUT2D eigenvalue weighted by Crippen LogP contribution is 2.34. The minimum atomic E-state index is -0.599. The van der Waals surface area contributed by atoms with Gasteiger partial charge in [-0.15, -0.1) is 11.3 Å². The molecule has 1 atom stereocenters. The first-order valence-electron chi connectivity index (χ1n) is 10.9. The number of pyridine rings is 2. The molecule has 0 saturated carbocycles. The molecule has 0 fully saturated rings. The second kappa shape index (κ2) is 9.21. The van der Waals surface area contributed by atoms with Gasteiger partial charge < -0.3 is 20.1 Å². The first kappa shape index (κ1) is 23.7. The number of hydrogen-bond donors (Lipinski definition) is 2. The Morgan fingerprint density at radius 1 is 1.25 bits per heavy atom. The van der Waals surface area contributed by atoms with Gasteiger partial charge in [-0.05, 0) is 56.7 Å². The third-order valence-corrected chi connectivity index (χ3v) is 6.72. The molecule has 5 rings (SSSR count). The van der Waals surface area contributed by atoms with Crippen LogP contribution in [-0.4, -0.2) is 26.0 Å². The summed E-state index contributed by atoms with van der Waals surface area (Å²) in [5.41, 5.74) is 11.2. The van der Waals surface area contributed by atoms with Crippen LogP contribution in [0.5, 0.6) is 5.75 Å². The number of aromatic nitrogens is 3. The first-order valence-corrected chi connectivity index (χ1v) is 12.1. The number of hydrogen-bond acceptors (Lipinski definition) is 9. The molecule has 0 bridgehead atoms. The number of ether oxygens (including phenoxy) is 1. The Hall–Kier alpha value is -4.02. The van der Waals surface area contributed by atoms with E-state index in [2.05, 4.69) is 20.1 Å². The van der Waals surface area contributed by atoms with Gasteiger partial charge >= 0.3 is 0 Å². The molecule has 4 heterocycles. The number of benzene rings is 1. The molecular formula is C25H20ClN5O4S. The van der Waals surface area contributed by atoms with E-state index < -0.39 is 6.10 Å². The van der Waals surface area contributed by atoms with Gasteiger partial charge in [0.25, 0.3) is 0 Å². The van der Waals surface area contributed by atoms with Gasteiger partial charge in [0, 0.05) is 22.9 Å². The Morgan fingerprint density at radius 3 is 2.83 bits per heavy atom. The van der Waals surface area contributed by atoms with Gasteiger partial charge in [-0.1, -0.05) is 16.8 Å². The van der Waals surface area contributed by atoms with E-state index in [0.717, 1.165) is 15.9 Å². The molecule has 9 nitrogen and oxygen atoms in total. The number of oxime groups is 1. The van der Waals surface area contributed by atoms with Crippen molar-refractivity contribution < 1.29 is 14.4 Å². The molecule has 0 saturated heterocycles. The van der Waals surface area contributed by atoms with E-state index in [4.69, 9.17) is 31.7 Å². The van der Waals surface area contributed by atoms with Crippen LogP contribution in [0.3, 0.4) is 0 Å². The minimum absolute atomic E-state index is 0.0921. The summed E-state index contributed by atoms with van der Waals surface area (Å²) in [6, 6.07) is 8.66. The molecule has 0 unspecified atom stereocenters. The quantitative estimate of drug-likeness (QED) is 0.104. The monoisotopic (exact) mass is 521 g/mol. The van der Waals surface area contributed by atoms with Crippen LogP contribution in [0.4, 0.5) is 0 Å². The predicted octanol–water partition coefficient (Wildman–Crippen LogP) is 5.36. The van der Waals surface area contributed by atoms with Gasteiger partial charge in [-0.25, -0.2) is 15.0 Å². The maximum Gasteiger partial charge on any atom is 0.196 e. The summed E-state index contributed by atoms with van der Waals surface area (Å²) in [5.74, 6) is 0.422. The predicted molar refractivity (Wildman–Crippen MR) is 139 cm³/mol. The highest BCUT2D eigenvalue weighted by atomic mass is 35.5. The maximum absolute atomic E-state index is 13.4. The third-order valence-electron chi connectivity index (χ3n) is 5.76. The molecule has 36 heavy (non-hydrogen) atoms. The normalized spacial score (nSPS) is 12.8. The van der Waals surface area contributed by atoms with Gasteiger partial charge in [-0.2, -0.15) is 0 Å². The van der Waals surface area contributed by atoms with Crippen LogP contribution in [-0.2, 0) is 0 Å². The standard InChI is InChI=1S/C25H20ClN5O4S/c1-11-6-15(13(3)34-18-4-5-19(26)30-20(18)24(27)31-33)23-16(7-11)21(32)12(2)22(35-23)14-8-17-25(28-9-14)36-10-29-17/h4-10,13,33H,1-3H3,(H2,27,31)/t13-/m1/s1. The molecule has 0 spiro atoms. The largest absolute Gasteiger partial charge is 0.483 e. The van der Waals surface area contributed by atoms with Gasteiger partial charge in [0.1, 0.15) is 38.7 Å². The van der Waals surface area contributed by atoms with Crippen molar-refractivity contribution >= 4 is 50.1 Å². The van der Waals surface area contributed by atoms with Crippen LogP contribution in [0.25, 0.3) is 32.6 Å². The second-order valence-corrected chi connectivity index (χ2v) is 9.46. The van der Waals surface area contributed by atoms with Crippen molar-refractivity contribution in [1.82, 2.24) is 15.0 Å². The van der Waals surface area contributed by atoms with Crippen molar-refractivity contribution in [2.24, 2.45) is 10.9 Å². The number of nitrogens with zero attached hydrogens (tertiary/aromatic N) is 4. The van der Waals surface area contributed by atoms with Gasteiger partial charge in [0.05, 0.1) is 10.9 Å². The van der Waals surface area contributed by atoms with E-state index >= 15 is 0 Å². The van der Waals surface area contributed by atoms with Crippen LogP contribution in [0.15, 0.2) is 56.4 Å². The molecule has 1 aromatic carbocycles. The topological polar surface area (TPSA) is 137 Å². The van der Waals surface area contributed by atoms with Crippen molar-refractivity contribution in [3.8, 4) is 17.1 Å². The summed E-state index contributed by atoms with van der Waals surface area (Å²) in [4.78, 5) is 27.1. The number of fused-ring (bicyclic) bond motifs is 2. The number of halogens is 1. The SMILES string of the molecule is Cc1cc([C@@H](C)Oc2ccc(Cl)nc2C(N)=NO)c2oc(-c3cnc4scnc4c3)c(C)c(=O)c2c1. The zero-order valence-electron chi connectivity index (χ0n) is 19.4. The zero-order chi connectivity index (χ0) is 25.6. The number of thiazole rings is 1. The van der Waals surface area contributed by atoms with E-state index in [-0.39, 0.29) is 27.9 Å². The fourth-order valence-corrected chi connectivity index (χ4v) is 4.79. The van der Waals surface area contributed by atoms with Crippen LogP contribution < -0.4 is 15.9 Å². The molecule has 3 N–H and O–H groups in total. The smallest absolute Gasteiger partial charge is 0.196 e. The van der Waals surface area contributed by atoms with Gasteiger partial charge in [0.15, 0.2) is 17.0 Å². The molecule has 0 aliphatic carbocycles. The number of nitrogens with two attached hydrogens (primary N) is 1. The molecule has 0 aliphatic rings. The Morgan fingerprint density at radius 2 is 2.06 bits per heavy atom. The van der Waals surface area contributed by atoms with Crippen LogP contribution in [0.1, 0.15) is 35.4 Å². The molecule has 182 valence electrons. The molecule has 0 aliphatic heterocycles. The summed E-state index contributed by atoms with van der Waals surface area (Å²) in [6.07, 6.45) is 1.08. The molecule has 11 heteroatoms. The second-order valence-electron chi connectivity index (χ2n) is 8.24. The minimum Gasteiger partial charge on any atom is -0.483 e. The molecule has 4 aromatic heterocycles. The number of aryl methyl sites for hydroxylation is 1. The molecule has 0 amide bonds. The Balaban J connectivity index is 1.66. The Kier molecular flexibility index (Phi) is 6.07. The lowest BCUT2D eigenvalue weighted by atomic mass is 10.00. The highest BCUT2D eigenvalue weighted by Gasteiger charge is 2.22. The van der Waals surface area contributed by atoms with Crippen molar-refractivity contribution in [2.75, 3.05) is 0 Å². The van der Waals surface area contributed by atoms with E-state index in [1.54, 1.807) is 37.7 Å². The zero-order valence-corrected chi connectivity index (χ0v) is 21.0. The van der Waals surface area contributed by atoms with Crippen LogP contribution in [0, 0.1) is 13.8 Å². The molecule has 0 radical (unpaired) electrons. The van der Waals surface area contributed by atoms with E-state index in [9.17, 15) is 4.79 Å². The number of amidine groups is 1.